The fourth-order valence-corrected chi connectivity index (χ4v) is 5.14. The molecule has 1 aromatic heterocycles. The molecule has 114 valence electrons. The first-order valence-electron chi connectivity index (χ1n) is 6.17. The van der Waals surface area contributed by atoms with Crippen molar-refractivity contribution < 1.29 is 18.3 Å². The van der Waals surface area contributed by atoms with Crippen LogP contribution in [0, 0.1) is 12.3 Å². The molecule has 2 N–H and O–H groups in total. The molecule has 0 saturated carbocycles. The number of hydrogen-bond donors (Lipinski definition) is 2. The molecule has 1 aromatic rings. The Kier molecular flexibility index (Phi) is 5.77. The minimum absolute atomic E-state index is 0.105. The normalized spacial score (nSPS) is 12.6. The van der Waals surface area contributed by atoms with Gasteiger partial charge in [0.15, 0.2) is 0 Å². The molecule has 8 heteroatoms. The first-order valence-corrected chi connectivity index (χ1v) is 9.26. The van der Waals surface area contributed by atoms with E-state index in [4.69, 9.17) is 0 Å². The van der Waals surface area contributed by atoms with Crippen molar-refractivity contribution in [3.8, 4) is 0 Å². The number of carbonyl (C=O) groups is 1. The maximum Gasteiger partial charge on any atom is 0.310 e. The lowest BCUT2D eigenvalue weighted by Gasteiger charge is -2.26. The number of sulfonamides is 1. The SMILES string of the molecule is CCC(CC)(CNS(=O)(=O)c1cc(C)c(Br)s1)C(=O)O. The molecule has 1 rings (SSSR count). The molecule has 0 atom stereocenters. The Balaban J connectivity index is 2.95. The van der Waals surface area contributed by atoms with Crippen LogP contribution in [0.15, 0.2) is 14.1 Å². The number of thiophene rings is 1. The van der Waals surface area contributed by atoms with Crippen molar-refractivity contribution in [3.05, 3.63) is 15.4 Å². The van der Waals surface area contributed by atoms with E-state index < -0.39 is 21.4 Å². The highest BCUT2D eigenvalue weighted by atomic mass is 79.9. The van der Waals surface area contributed by atoms with E-state index in [0.717, 1.165) is 20.7 Å². The number of nitrogens with one attached hydrogen (secondary N) is 1. The molecule has 0 spiro atoms. The average molecular weight is 384 g/mol. The van der Waals surface area contributed by atoms with E-state index in [1.807, 2.05) is 0 Å². The molecule has 20 heavy (non-hydrogen) atoms. The fourth-order valence-electron chi connectivity index (χ4n) is 1.75. The third-order valence-electron chi connectivity index (χ3n) is 3.51. The Bertz CT molecular complexity index is 571. The number of carboxylic acid groups (broad SMARTS) is 1. The van der Waals surface area contributed by atoms with Crippen LogP contribution >= 0.6 is 27.3 Å². The molecule has 0 amide bonds. The second-order valence-electron chi connectivity index (χ2n) is 4.64. The Labute approximate surface area is 131 Å². The summed E-state index contributed by atoms with van der Waals surface area (Å²) >= 11 is 4.40. The van der Waals surface area contributed by atoms with Gasteiger partial charge in [-0.15, -0.1) is 11.3 Å². The topological polar surface area (TPSA) is 83.5 Å². The van der Waals surface area contributed by atoms with Gasteiger partial charge in [0, 0.05) is 6.54 Å². The fraction of sp³-hybridized carbons (Fsp3) is 0.583. The maximum absolute atomic E-state index is 12.2. The molecular formula is C12H18BrNO4S2. The molecule has 0 saturated heterocycles. The standard InChI is InChI=1S/C12H18BrNO4S2/c1-4-12(5-2,11(15)16)7-14-20(17,18)9-6-8(3)10(13)19-9/h6,14H,4-5,7H2,1-3H3,(H,15,16). The van der Waals surface area contributed by atoms with Crippen LogP contribution in [0.4, 0.5) is 0 Å². The van der Waals surface area contributed by atoms with E-state index in [2.05, 4.69) is 20.7 Å². The van der Waals surface area contributed by atoms with Crippen molar-refractivity contribution in [2.45, 2.75) is 37.8 Å². The summed E-state index contributed by atoms with van der Waals surface area (Å²) < 4.78 is 27.7. The lowest BCUT2D eigenvalue weighted by atomic mass is 9.83. The van der Waals surface area contributed by atoms with Gasteiger partial charge in [0.2, 0.25) is 10.0 Å². The van der Waals surface area contributed by atoms with Gasteiger partial charge in [-0.25, -0.2) is 13.1 Å². The van der Waals surface area contributed by atoms with Gasteiger partial charge in [-0.3, -0.25) is 4.79 Å². The third-order valence-corrected chi connectivity index (χ3v) is 7.52. The predicted octanol–water partition coefficient (Wildman–Crippen LogP) is 2.99. The zero-order valence-electron chi connectivity index (χ0n) is 11.6. The molecule has 0 aromatic carbocycles. The van der Waals surface area contributed by atoms with E-state index in [-0.39, 0.29) is 10.8 Å². The smallest absolute Gasteiger partial charge is 0.310 e. The van der Waals surface area contributed by atoms with Crippen molar-refractivity contribution in [1.29, 1.82) is 0 Å². The minimum Gasteiger partial charge on any atom is -0.481 e. The lowest BCUT2D eigenvalue weighted by molar-refractivity contribution is -0.149. The van der Waals surface area contributed by atoms with Crippen LogP contribution in [0.2, 0.25) is 0 Å². The van der Waals surface area contributed by atoms with Gasteiger partial charge in [-0.05, 0) is 47.3 Å². The second kappa shape index (κ2) is 6.55. The summed E-state index contributed by atoms with van der Waals surface area (Å²) in [7, 11) is -3.67. The number of aryl methyl sites for hydroxylation is 1. The molecule has 5 nitrogen and oxygen atoms in total. The molecule has 0 radical (unpaired) electrons. The van der Waals surface area contributed by atoms with E-state index in [0.29, 0.717) is 12.8 Å². The van der Waals surface area contributed by atoms with E-state index >= 15 is 0 Å². The first-order chi connectivity index (χ1) is 9.18. The number of aliphatic carboxylic acids is 1. The van der Waals surface area contributed by atoms with E-state index in [1.54, 1.807) is 26.8 Å². The van der Waals surface area contributed by atoms with Crippen LogP contribution in [0.3, 0.4) is 0 Å². The van der Waals surface area contributed by atoms with Gasteiger partial charge < -0.3 is 5.11 Å². The largest absolute Gasteiger partial charge is 0.481 e. The van der Waals surface area contributed by atoms with Gasteiger partial charge in [0.05, 0.1) is 9.20 Å². The second-order valence-corrected chi connectivity index (χ2v) is 9.00. The molecule has 0 aliphatic heterocycles. The van der Waals surface area contributed by atoms with Gasteiger partial charge >= 0.3 is 5.97 Å². The average Bonchev–Trinajstić information content (AvgIpc) is 2.72. The van der Waals surface area contributed by atoms with Crippen LogP contribution in [0.25, 0.3) is 0 Å². The van der Waals surface area contributed by atoms with Crippen molar-refractivity contribution in [1.82, 2.24) is 4.72 Å². The Morgan fingerprint density at radius 1 is 1.45 bits per heavy atom. The molecule has 0 aliphatic rings. The molecule has 0 bridgehead atoms. The number of rotatable bonds is 7. The number of halogens is 1. The van der Waals surface area contributed by atoms with Crippen molar-refractivity contribution >= 4 is 43.3 Å². The van der Waals surface area contributed by atoms with Gasteiger partial charge in [-0.2, -0.15) is 0 Å². The van der Waals surface area contributed by atoms with Crippen LogP contribution in [-0.2, 0) is 14.8 Å². The number of carboxylic acids is 1. The minimum atomic E-state index is -3.67. The highest BCUT2D eigenvalue weighted by molar-refractivity contribution is 9.11. The lowest BCUT2D eigenvalue weighted by Crippen LogP contribution is -2.42. The molecule has 0 aliphatic carbocycles. The van der Waals surface area contributed by atoms with Crippen LogP contribution in [0.1, 0.15) is 32.3 Å². The summed E-state index contributed by atoms with van der Waals surface area (Å²) in [5.41, 5.74) is -0.220. The molecule has 1 heterocycles. The van der Waals surface area contributed by atoms with Gasteiger partial charge in [0.25, 0.3) is 0 Å². The summed E-state index contributed by atoms with van der Waals surface area (Å²) in [4.78, 5) is 11.4. The summed E-state index contributed by atoms with van der Waals surface area (Å²) in [5, 5.41) is 9.30. The van der Waals surface area contributed by atoms with E-state index in [1.165, 1.54) is 0 Å². The maximum atomic E-state index is 12.2. The summed E-state index contributed by atoms with van der Waals surface area (Å²) in [6.07, 6.45) is 0.739. The van der Waals surface area contributed by atoms with Crippen LogP contribution in [-0.4, -0.2) is 26.0 Å². The highest BCUT2D eigenvalue weighted by Crippen LogP contribution is 2.31. The quantitative estimate of drug-likeness (QED) is 0.757. The molecule has 0 fully saturated rings. The first kappa shape index (κ1) is 17.6. The predicted molar refractivity (Wildman–Crippen MR) is 82.6 cm³/mol. The zero-order chi connectivity index (χ0) is 15.6. The summed E-state index contributed by atoms with van der Waals surface area (Å²) in [5.74, 6) is -0.978. The third kappa shape index (κ3) is 3.60. The number of hydrogen-bond acceptors (Lipinski definition) is 4. The van der Waals surface area contributed by atoms with Crippen molar-refractivity contribution in [2.75, 3.05) is 6.54 Å². The highest BCUT2D eigenvalue weighted by Gasteiger charge is 2.36. The van der Waals surface area contributed by atoms with Gasteiger partial charge in [0.1, 0.15) is 4.21 Å². The molecule has 0 unspecified atom stereocenters. The zero-order valence-corrected chi connectivity index (χ0v) is 14.8. The van der Waals surface area contributed by atoms with Crippen LogP contribution < -0.4 is 4.72 Å². The Morgan fingerprint density at radius 2 is 2.00 bits per heavy atom. The summed E-state index contributed by atoms with van der Waals surface area (Å²) in [6, 6.07) is 1.57. The van der Waals surface area contributed by atoms with E-state index in [9.17, 15) is 18.3 Å². The Morgan fingerprint density at radius 3 is 2.35 bits per heavy atom. The van der Waals surface area contributed by atoms with Gasteiger partial charge in [-0.1, -0.05) is 13.8 Å². The van der Waals surface area contributed by atoms with Crippen molar-refractivity contribution in [2.24, 2.45) is 5.41 Å². The Hall–Kier alpha value is -0.440. The summed E-state index contributed by atoms with van der Waals surface area (Å²) in [6.45, 7) is 5.20. The van der Waals surface area contributed by atoms with Crippen molar-refractivity contribution in [3.63, 3.8) is 0 Å². The molecular weight excluding hydrogens is 366 g/mol. The van der Waals surface area contributed by atoms with Crippen LogP contribution in [0.5, 0.6) is 0 Å². The monoisotopic (exact) mass is 383 g/mol.